The summed E-state index contributed by atoms with van der Waals surface area (Å²) in [5.41, 5.74) is 0. The van der Waals surface area contributed by atoms with Gasteiger partial charge in [-0.25, -0.2) is 0 Å². The number of aryl methyl sites for hydroxylation is 1. The number of nitrogens with one attached hydrogen (secondary N) is 1. The van der Waals surface area contributed by atoms with E-state index in [0.717, 1.165) is 11.5 Å². The molecule has 1 heterocycles. The van der Waals surface area contributed by atoms with E-state index in [4.69, 9.17) is 9.52 Å². The van der Waals surface area contributed by atoms with Gasteiger partial charge in [0.05, 0.1) is 12.5 Å². The van der Waals surface area contributed by atoms with Crippen LogP contribution in [0.4, 0.5) is 0 Å². The van der Waals surface area contributed by atoms with E-state index in [-0.39, 0.29) is 5.92 Å². The molecule has 0 amide bonds. The van der Waals surface area contributed by atoms with Crippen LogP contribution in [-0.4, -0.2) is 17.6 Å². The maximum Gasteiger partial charge on any atom is 0.307 e. The van der Waals surface area contributed by atoms with Crippen molar-refractivity contribution in [1.29, 1.82) is 0 Å². The zero-order chi connectivity index (χ0) is 11.3. The number of rotatable bonds is 6. The third-order valence-electron chi connectivity index (χ3n) is 2.33. The highest BCUT2D eigenvalue weighted by molar-refractivity contribution is 5.70. The van der Waals surface area contributed by atoms with Gasteiger partial charge < -0.3 is 14.8 Å². The molecule has 0 fully saturated rings. The Morgan fingerprint density at radius 2 is 2.33 bits per heavy atom. The number of aliphatic carboxylic acids is 1. The predicted octanol–water partition coefficient (Wildman–Crippen LogP) is 1.79. The molecule has 0 aliphatic carbocycles. The largest absolute Gasteiger partial charge is 0.481 e. The topological polar surface area (TPSA) is 62.5 Å². The van der Waals surface area contributed by atoms with Crippen molar-refractivity contribution in [1.82, 2.24) is 5.32 Å². The lowest BCUT2D eigenvalue weighted by Gasteiger charge is -2.09. The summed E-state index contributed by atoms with van der Waals surface area (Å²) in [5, 5.41) is 11.9. The summed E-state index contributed by atoms with van der Waals surface area (Å²) in [5.74, 6) is 0.645. The molecule has 15 heavy (non-hydrogen) atoms. The first-order chi connectivity index (χ1) is 7.13. The molecule has 84 valence electrons. The lowest BCUT2D eigenvalue weighted by Crippen LogP contribution is -2.27. The molecule has 2 N–H and O–H groups in total. The molecule has 0 saturated heterocycles. The molecule has 1 aromatic heterocycles. The molecule has 4 nitrogen and oxygen atoms in total. The van der Waals surface area contributed by atoms with Crippen molar-refractivity contribution in [2.24, 2.45) is 5.92 Å². The van der Waals surface area contributed by atoms with Gasteiger partial charge in [-0.15, -0.1) is 0 Å². The number of hydrogen-bond acceptors (Lipinski definition) is 3. The maximum absolute atomic E-state index is 10.7. The minimum Gasteiger partial charge on any atom is -0.481 e. The number of carboxylic acids is 1. The summed E-state index contributed by atoms with van der Waals surface area (Å²) in [7, 11) is 0. The minimum atomic E-state index is -0.749. The average Bonchev–Trinajstić information content (AvgIpc) is 2.58. The van der Waals surface area contributed by atoms with Gasteiger partial charge in [0, 0.05) is 6.54 Å². The zero-order valence-corrected chi connectivity index (χ0v) is 9.12. The lowest BCUT2D eigenvalue weighted by molar-refractivity contribution is -0.141. The quantitative estimate of drug-likeness (QED) is 0.753. The predicted molar refractivity (Wildman–Crippen MR) is 56.6 cm³/mol. The van der Waals surface area contributed by atoms with Crippen molar-refractivity contribution in [3.05, 3.63) is 23.7 Å². The molecule has 1 rings (SSSR count). The highest BCUT2D eigenvalue weighted by Crippen LogP contribution is 2.06. The minimum absolute atomic E-state index is 0.318. The van der Waals surface area contributed by atoms with Crippen LogP contribution in [0.2, 0.25) is 0 Å². The van der Waals surface area contributed by atoms with Crippen molar-refractivity contribution < 1.29 is 14.3 Å². The van der Waals surface area contributed by atoms with Gasteiger partial charge in [0.2, 0.25) is 0 Å². The summed E-state index contributed by atoms with van der Waals surface area (Å²) < 4.78 is 5.35. The Morgan fingerprint density at radius 1 is 1.60 bits per heavy atom. The maximum atomic E-state index is 10.7. The van der Waals surface area contributed by atoms with Crippen molar-refractivity contribution >= 4 is 5.97 Å². The Hall–Kier alpha value is -1.29. The molecule has 1 aromatic rings. The Morgan fingerprint density at radius 3 is 2.80 bits per heavy atom. The number of hydrogen-bond donors (Lipinski definition) is 2. The number of furan rings is 1. The first-order valence-corrected chi connectivity index (χ1v) is 5.12. The summed E-state index contributed by atoms with van der Waals surface area (Å²) in [6, 6.07) is 3.79. The summed E-state index contributed by atoms with van der Waals surface area (Å²) >= 11 is 0. The lowest BCUT2D eigenvalue weighted by atomic mass is 10.1. The smallest absolute Gasteiger partial charge is 0.307 e. The summed E-state index contributed by atoms with van der Waals surface area (Å²) in [4.78, 5) is 10.7. The Labute approximate surface area is 89.3 Å². The molecule has 0 radical (unpaired) electrons. The Bertz CT molecular complexity index is 319. The monoisotopic (exact) mass is 211 g/mol. The van der Waals surface area contributed by atoms with Crippen molar-refractivity contribution in [3.63, 3.8) is 0 Å². The second-order valence-electron chi connectivity index (χ2n) is 3.59. The van der Waals surface area contributed by atoms with E-state index in [1.165, 1.54) is 0 Å². The van der Waals surface area contributed by atoms with E-state index in [0.29, 0.717) is 19.5 Å². The first kappa shape index (κ1) is 11.8. The molecule has 0 bridgehead atoms. The Balaban J connectivity index is 2.29. The van der Waals surface area contributed by atoms with E-state index in [9.17, 15) is 4.79 Å². The standard InChI is InChI=1S/C11H17NO3/c1-3-9(11(13)14)6-12-7-10-5-4-8(2)15-10/h4-5,9,12H,3,6-7H2,1-2H3,(H,13,14). The fraction of sp³-hybridized carbons (Fsp3) is 0.545. The van der Waals surface area contributed by atoms with Gasteiger partial charge in [0.25, 0.3) is 0 Å². The number of carboxylic acid groups (broad SMARTS) is 1. The molecule has 1 atom stereocenters. The molecular formula is C11H17NO3. The van der Waals surface area contributed by atoms with Crippen molar-refractivity contribution in [3.8, 4) is 0 Å². The first-order valence-electron chi connectivity index (χ1n) is 5.12. The molecule has 4 heteroatoms. The summed E-state index contributed by atoms with van der Waals surface area (Å²) in [6.07, 6.45) is 0.638. The van der Waals surface area contributed by atoms with E-state index in [2.05, 4.69) is 5.32 Å². The van der Waals surface area contributed by atoms with Gasteiger partial charge in [-0.3, -0.25) is 4.79 Å². The molecular weight excluding hydrogens is 194 g/mol. The van der Waals surface area contributed by atoms with Crippen LogP contribution >= 0.6 is 0 Å². The van der Waals surface area contributed by atoms with Crippen LogP contribution in [0.25, 0.3) is 0 Å². The zero-order valence-electron chi connectivity index (χ0n) is 9.12. The van der Waals surface area contributed by atoms with Crippen LogP contribution in [0, 0.1) is 12.8 Å². The van der Waals surface area contributed by atoms with Gasteiger partial charge in [0.1, 0.15) is 11.5 Å². The van der Waals surface area contributed by atoms with Crippen LogP contribution in [-0.2, 0) is 11.3 Å². The number of carbonyl (C=O) groups is 1. The molecule has 0 aliphatic heterocycles. The van der Waals surface area contributed by atoms with E-state index < -0.39 is 5.97 Å². The fourth-order valence-electron chi connectivity index (χ4n) is 1.36. The van der Waals surface area contributed by atoms with Crippen LogP contribution in [0.15, 0.2) is 16.5 Å². The van der Waals surface area contributed by atoms with Crippen LogP contribution in [0.1, 0.15) is 24.9 Å². The van der Waals surface area contributed by atoms with E-state index >= 15 is 0 Å². The van der Waals surface area contributed by atoms with Gasteiger partial charge in [-0.1, -0.05) is 6.92 Å². The van der Waals surface area contributed by atoms with Crippen LogP contribution < -0.4 is 5.32 Å². The molecule has 1 unspecified atom stereocenters. The van der Waals surface area contributed by atoms with Gasteiger partial charge in [-0.05, 0) is 25.5 Å². The highest BCUT2D eigenvalue weighted by Gasteiger charge is 2.13. The second-order valence-corrected chi connectivity index (χ2v) is 3.59. The van der Waals surface area contributed by atoms with Crippen molar-refractivity contribution in [2.75, 3.05) is 6.54 Å². The third-order valence-corrected chi connectivity index (χ3v) is 2.33. The molecule has 0 aliphatic rings. The van der Waals surface area contributed by atoms with Crippen LogP contribution in [0.3, 0.4) is 0 Å². The molecule has 0 aromatic carbocycles. The molecule has 0 spiro atoms. The Kier molecular flexibility index (Phi) is 4.37. The average molecular weight is 211 g/mol. The van der Waals surface area contributed by atoms with E-state index in [1.807, 2.05) is 26.0 Å². The fourth-order valence-corrected chi connectivity index (χ4v) is 1.36. The SMILES string of the molecule is CCC(CNCc1ccc(C)o1)C(=O)O. The third kappa shape index (κ3) is 3.75. The van der Waals surface area contributed by atoms with Gasteiger partial charge >= 0.3 is 5.97 Å². The normalized spacial score (nSPS) is 12.7. The second kappa shape index (κ2) is 5.56. The van der Waals surface area contributed by atoms with Gasteiger partial charge in [-0.2, -0.15) is 0 Å². The van der Waals surface area contributed by atoms with E-state index in [1.54, 1.807) is 0 Å². The van der Waals surface area contributed by atoms with Crippen molar-refractivity contribution in [2.45, 2.75) is 26.8 Å². The van der Waals surface area contributed by atoms with Crippen LogP contribution in [0.5, 0.6) is 0 Å². The van der Waals surface area contributed by atoms with Gasteiger partial charge in [0.15, 0.2) is 0 Å². The highest BCUT2D eigenvalue weighted by atomic mass is 16.4. The summed E-state index contributed by atoms with van der Waals surface area (Å²) in [6.45, 7) is 4.82. The molecule has 0 saturated carbocycles.